The number of benzene rings is 1. The molecule has 0 saturated carbocycles. The molecular weight excluding hydrogens is 254 g/mol. The van der Waals surface area contributed by atoms with Gasteiger partial charge in [-0.3, -0.25) is 0 Å². The molecule has 2 nitrogen and oxygen atoms in total. The summed E-state index contributed by atoms with van der Waals surface area (Å²) in [5, 5.41) is 3.39. The van der Waals surface area contributed by atoms with Crippen LogP contribution in [0, 0.1) is 5.92 Å². The van der Waals surface area contributed by atoms with Crippen molar-refractivity contribution in [3.05, 3.63) is 28.7 Å². The van der Waals surface area contributed by atoms with Crippen molar-refractivity contribution in [2.24, 2.45) is 5.92 Å². The predicted octanol–water partition coefficient (Wildman–Crippen LogP) is 2.83. The van der Waals surface area contributed by atoms with E-state index in [0.717, 1.165) is 29.9 Å². The highest BCUT2D eigenvalue weighted by Gasteiger charge is 2.13. The summed E-state index contributed by atoms with van der Waals surface area (Å²) in [6, 6.07) is 8.02. The summed E-state index contributed by atoms with van der Waals surface area (Å²) < 4.78 is 6.83. The second-order valence-corrected chi connectivity index (χ2v) is 4.90. The van der Waals surface area contributed by atoms with Gasteiger partial charge >= 0.3 is 0 Å². The fourth-order valence-corrected chi connectivity index (χ4v) is 2.22. The van der Waals surface area contributed by atoms with Crippen LogP contribution in [0.4, 0.5) is 0 Å². The maximum Gasteiger partial charge on any atom is 0.120 e. The van der Waals surface area contributed by atoms with Gasteiger partial charge in [-0.2, -0.15) is 0 Å². The van der Waals surface area contributed by atoms with Gasteiger partial charge in [-0.15, -0.1) is 0 Å². The van der Waals surface area contributed by atoms with E-state index in [0.29, 0.717) is 5.92 Å². The molecule has 1 aromatic carbocycles. The maximum absolute atomic E-state index is 5.76. The highest BCUT2D eigenvalue weighted by atomic mass is 79.9. The summed E-state index contributed by atoms with van der Waals surface area (Å²) in [7, 11) is 0. The van der Waals surface area contributed by atoms with E-state index in [4.69, 9.17) is 4.74 Å². The smallest absolute Gasteiger partial charge is 0.120 e. The Morgan fingerprint density at radius 1 is 1.47 bits per heavy atom. The Morgan fingerprint density at radius 3 is 3.13 bits per heavy atom. The Labute approximate surface area is 99.1 Å². The zero-order chi connectivity index (χ0) is 10.5. The van der Waals surface area contributed by atoms with Crippen LogP contribution < -0.4 is 10.1 Å². The summed E-state index contributed by atoms with van der Waals surface area (Å²) in [6.07, 6.45) is 2.55. The zero-order valence-corrected chi connectivity index (χ0v) is 10.3. The van der Waals surface area contributed by atoms with Gasteiger partial charge in [0, 0.05) is 16.9 Å². The molecule has 1 saturated heterocycles. The van der Waals surface area contributed by atoms with Gasteiger partial charge in [0.2, 0.25) is 0 Å². The molecule has 0 radical (unpaired) electrons. The summed E-state index contributed by atoms with van der Waals surface area (Å²) >= 11 is 3.44. The third-order valence-electron chi connectivity index (χ3n) is 2.68. The van der Waals surface area contributed by atoms with Crippen LogP contribution in [0.25, 0.3) is 0 Å². The van der Waals surface area contributed by atoms with Gasteiger partial charge in [0.15, 0.2) is 0 Å². The van der Waals surface area contributed by atoms with E-state index >= 15 is 0 Å². The molecular formula is C12H16BrNO. The number of hydrogen-bond acceptors (Lipinski definition) is 2. The van der Waals surface area contributed by atoms with E-state index in [-0.39, 0.29) is 0 Å². The largest absolute Gasteiger partial charge is 0.493 e. The lowest BCUT2D eigenvalue weighted by molar-refractivity contribution is 0.218. The monoisotopic (exact) mass is 269 g/mol. The van der Waals surface area contributed by atoms with Crippen LogP contribution in [0.5, 0.6) is 5.75 Å². The molecule has 0 aromatic heterocycles. The molecule has 1 N–H and O–H groups in total. The lowest BCUT2D eigenvalue weighted by atomic mass is 10.0. The molecule has 0 aliphatic carbocycles. The van der Waals surface area contributed by atoms with Crippen molar-refractivity contribution >= 4 is 15.9 Å². The molecule has 15 heavy (non-hydrogen) atoms. The minimum atomic E-state index is 0.665. The SMILES string of the molecule is Brc1cccc(OCC2CCCNC2)c1. The Bertz CT molecular complexity index is 310. The molecule has 0 spiro atoms. The van der Waals surface area contributed by atoms with Crippen molar-refractivity contribution in [1.82, 2.24) is 5.32 Å². The van der Waals surface area contributed by atoms with Crippen molar-refractivity contribution in [1.29, 1.82) is 0 Å². The van der Waals surface area contributed by atoms with E-state index in [9.17, 15) is 0 Å². The fraction of sp³-hybridized carbons (Fsp3) is 0.500. The normalized spacial score (nSPS) is 21.3. The lowest BCUT2D eigenvalue weighted by Crippen LogP contribution is -2.33. The second kappa shape index (κ2) is 5.52. The molecule has 3 heteroatoms. The van der Waals surface area contributed by atoms with Crippen molar-refractivity contribution in [3.8, 4) is 5.75 Å². The first-order valence-electron chi connectivity index (χ1n) is 5.44. The summed E-state index contributed by atoms with van der Waals surface area (Å²) in [5.41, 5.74) is 0. The van der Waals surface area contributed by atoms with E-state index in [1.165, 1.54) is 12.8 Å². The molecule has 1 unspecified atom stereocenters. The highest BCUT2D eigenvalue weighted by molar-refractivity contribution is 9.10. The van der Waals surface area contributed by atoms with Gasteiger partial charge < -0.3 is 10.1 Å². The molecule has 1 fully saturated rings. The van der Waals surface area contributed by atoms with Crippen LogP contribution in [-0.2, 0) is 0 Å². The minimum absolute atomic E-state index is 0.665. The standard InChI is InChI=1S/C12H16BrNO/c13-11-4-1-5-12(7-11)15-9-10-3-2-6-14-8-10/h1,4-5,7,10,14H,2-3,6,8-9H2. The molecule has 2 rings (SSSR count). The molecule has 82 valence electrons. The number of hydrogen-bond donors (Lipinski definition) is 1. The average molecular weight is 270 g/mol. The fourth-order valence-electron chi connectivity index (χ4n) is 1.84. The number of rotatable bonds is 3. The van der Waals surface area contributed by atoms with Crippen LogP contribution in [-0.4, -0.2) is 19.7 Å². The topological polar surface area (TPSA) is 21.3 Å². The number of ether oxygens (including phenoxy) is 1. The van der Waals surface area contributed by atoms with Crippen LogP contribution in [0.3, 0.4) is 0 Å². The van der Waals surface area contributed by atoms with E-state index in [1.54, 1.807) is 0 Å². The third kappa shape index (κ3) is 3.50. The van der Waals surface area contributed by atoms with Gasteiger partial charge in [-0.25, -0.2) is 0 Å². The highest BCUT2D eigenvalue weighted by Crippen LogP contribution is 2.19. The quantitative estimate of drug-likeness (QED) is 0.911. The van der Waals surface area contributed by atoms with E-state index in [1.807, 2.05) is 24.3 Å². The number of nitrogens with one attached hydrogen (secondary N) is 1. The Hall–Kier alpha value is -0.540. The van der Waals surface area contributed by atoms with Gasteiger partial charge in [0.25, 0.3) is 0 Å². The van der Waals surface area contributed by atoms with Crippen molar-refractivity contribution in [2.45, 2.75) is 12.8 Å². The van der Waals surface area contributed by atoms with Crippen LogP contribution in [0.15, 0.2) is 28.7 Å². The van der Waals surface area contributed by atoms with E-state index in [2.05, 4.69) is 21.2 Å². The molecule has 1 heterocycles. The van der Waals surface area contributed by atoms with Gasteiger partial charge in [-0.05, 0) is 37.6 Å². The Morgan fingerprint density at radius 2 is 2.40 bits per heavy atom. The van der Waals surface area contributed by atoms with Crippen LogP contribution in [0.2, 0.25) is 0 Å². The third-order valence-corrected chi connectivity index (χ3v) is 3.17. The lowest BCUT2D eigenvalue weighted by Gasteiger charge is -2.22. The zero-order valence-electron chi connectivity index (χ0n) is 8.71. The van der Waals surface area contributed by atoms with Gasteiger partial charge in [-0.1, -0.05) is 22.0 Å². The second-order valence-electron chi connectivity index (χ2n) is 3.98. The average Bonchev–Trinajstić information content (AvgIpc) is 2.28. The molecule has 0 bridgehead atoms. The number of piperidine rings is 1. The first-order valence-corrected chi connectivity index (χ1v) is 6.23. The van der Waals surface area contributed by atoms with Gasteiger partial charge in [0.1, 0.15) is 5.75 Å². The molecule has 1 aromatic rings. The van der Waals surface area contributed by atoms with Crippen LogP contribution >= 0.6 is 15.9 Å². The number of halogens is 1. The predicted molar refractivity (Wildman–Crippen MR) is 65.2 cm³/mol. The summed E-state index contributed by atoms with van der Waals surface area (Å²) in [6.45, 7) is 3.07. The molecule has 1 aliphatic rings. The van der Waals surface area contributed by atoms with Crippen molar-refractivity contribution in [3.63, 3.8) is 0 Å². The Kier molecular flexibility index (Phi) is 4.03. The first kappa shape index (κ1) is 11.0. The van der Waals surface area contributed by atoms with Crippen LogP contribution in [0.1, 0.15) is 12.8 Å². The molecule has 1 aliphatic heterocycles. The summed E-state index contributed by atoms with van der Waals surface area (Å²) in [4.78, 5) is 0. The Balaban J connectivity index is 1.81. The van der Waals surface area contributed by atoms with Gasteiger partial charge in [0.05, 0.1) is 6.61 Å². The maximum atomic E-state index is 5.76. The van der Waals surface area contributed by atoms with E-state index < -0.39 is 0 Å². The van der Waals surface area contributed by atoms with Crippen molar-refractivity contribution in [2.75, 3.05) is 19.7 Å². The minimum Gasteiger partial charge on any atom is -0.493 e. The first-order chi connectivity index (χ1) is 7.34. The van der Waals surface area contributed by atoms with Crippen molar-refractivity contribution < 1.29 is 4.74 Å². The molecule has 1 atom stereocenters. The summed E-state index contributed by atoms with van der Waals surface area (Å²) in [5.74, 6) is 1.62. The molecule has 0 amide bonds.